The minimum atomic E-state index is -0.369. The molecule has 4 nitrogen and oxygen atoms in total. The molecule has 0 aliphatic heterocycles. The Hall–Kier alpha value is -2.58. The van der Waals surface area contributed by atoms with Gasteiger partial charge in [0.1, 0.15) is 17.4 Å². The van der Waals surface area contributed by atoms with Crippen LogP contribution in [0.1, 0.15) is 16.0 Å². The molecule has 1 N–H and O–H groups in total. The van der Waals surface area contributed by atoms with Crippen molar-refractivity contribution in [3.63, 3.8) is 0 Å². The Labute approximate surface area is 133 Å². The molecular weight excluding hydrogens is 296 g/mol. The SMILES string of the molecule is COc1ccc(CNC(=O)/C(C#N)=C\c2sccc2C)cc1. The van der Waals surface area contributed by atoms with Gasteiger partial charge in [-0.25, -0.2) is 0 Å². The number of nitriles is 1. The van der Waals surface area contributed by atoms with Gasteiger partial charge < -0.3 is 10.1 Å². The highest BCUT2D eigenvalue weighted by Crippen LogP contribution is 2.19. The number of carbonyl (C=O) groups is 1. The third kappa shape index (κ3) is 3.96. The zero-order valence-electron chi connectivity index (χ0n) is 12.4. The number of nitrogens with zero attached hydrogens (tertiary/aromatic N) is 1. The Kier molecular flexibility index (Phi) is 5.34. The number of ether oxygens (including phenoxy) is 1. The maximum atomic E-state index is 12.1. The van der Waals surface area contributed by atoms with Crippen molar-refractivity contribution in [1.29, 1.82) is 5.26 Å². The van der Waals surface area contributed by atoms with Crippen molar-refractivity contribution < 1.29 is 9.53 Å². The first kappa shape index (κ1) is 15.8. The Balaban J connectivity index is 2.02. The topological polar surface area (TPSA) is 62.1 Å². The van der Waals surface area contributed by atoms with Gasteiger partial charge in [-0.3, -0.25) is 4.79 Å². The second-order valence-corrected chi connectivity index (χ2v) is 5.62. The number of amides is 1. The van der Waals surface area contributed by atoms with Crippen molar-refractivity contribution in [2.45, 2.75) is 13.5 Å². The zero-order chi connectivity index (χ0) is 15.9. The van der Waals surface area contributed by atoms with E-state index in [-0.39, 0.29) is 11.5 Å². The molecule has 0 aliphatic rings. The lowest BCUT2D eigenvalue weighted by atomic mass is 10.2. The molecule has 0 radical (unpaired) electrons. The number of carbonyl (C=O) groups excluding carboxylic acids is 1. The van der Waals surface area contributed by atoms with Crippen molar-refractivity contribution in [2.24, 2.45) is 0 Å². The summed E-state index contributed by atoms with van der Waals surface area (Å²) in [4.78, 5) is 13.0. The summed E-state index contributed by atoms with van der Waals surface area (Å²) >= 11 is 1.51. The summed E-state index contributed by atoms with van der Waals surface area (Å²) in [5.74, 6) is 0.395. The van der Waals surface area contributed by atoms with Gasteiger partial charge in [-0.15, -0.1) is 11.3 Å². The van der Waals surface area contributed by atoms with Gasteiger partial charge in [0.15, 0.2) is 0 Å². The molecule has 2 aromatic rings. The molecule has 0 bridgehead atoms. The molecule has 112 valence electrons. The molecule has 0 unspecified atom stereocenters. The number of hydrogen-bond acceptors (Lipinski definition) is 4. The lowest BCUT2D eigenvalue weighted by Gasteiger charge is -2.05. The van der Waals surface area contributed by atoms with Gasteiger partial charge in [-0.1, -0.05) is 12.1 Å². The lowest BCUT2D eigenvalue weighted by Crippen LogP contribution is -2.23. The molecule has 1 aromatic carbocycles. The van der Waals surface area contributed by atoms with Crippen LogP contribution in [0.4, 0.5) is 0 Å². The number of benzene rings is 1. The minimum Gasteiger partial charge on any atom is -0.497 e. The fourth-order valence-electron chi connectivity index (χ4n) is 1.83. The highest BCUT2D eigenvalue weighted by molar-refractivity contribution is 7.11. The molecule has 0 aliphatic carbocycles. The monoisotopic (exact) mass is 312 g/mol. The van der Waals surface area contributed by atoms with Gasteiger partial charge >= 0.3 is 0 Å². The number of nitrogens with one attached hydrogen (secondary N) is 1. The van der Waals surface area contributed by atoms with Crippen LogP contribution in [0.3, 0.4) is 0 Å². The van der Waals surface area contributed by atoms with Crippen molar-refractivity contribution in [1.82, 2.24) is 5.32 Å². The summed E-state index contributed by atoms with van der Waals surface area (Å²) in [5, 5.41) is 13.8. The van der Waals surface area contributed by atoms with Crippen molar-refractivity contribution in [3.8, 4) is 11.8 Å². The summed E-state index contributed by atoms with van der Waals surface area (Å²) in [6.45, 7) is 2.32. The predicted molar refractivity (Wildman–Crippen MR) is 87.5 cm³/mol. The molecule has 0 saturated carbocycles. The third-order valence-electron chi connectivity index (χ3n) is 3.15. The number of thiophene rings is 1. The molecule has 22 heavy (non-hydrogen) atoms. The van der Waals surface area contributed by atoms with E-state index in [1.807, 2.05) is 48.7 Å². The van der Waals surface area contributed by atoms with Gasteiger partial charge in [0.25, 0.3) is 5.91 Å². The van der Waals surface area contributed by atoms with E-state index < -0.39 is 0 Å². The van der Waals surface area contributed by atoms with Crippen LogP contribution in [0.25, 0.3) is 6.08 Å². The first-order chi connectivity index (χ1) is 10.6. The summed E-state index contributed by atoms with van der Waals surface area (Å²) in [7, 11) is 1.60. The van der Waals surface area contributed by atoms with Crippen LogP contribution >= 0.6 is 11.3 Å². The van der Waals surface area contributed by atoms with Crippen LogP contribution in [0.5, 0.6) is 5.75 Å². The summed E-state index contributed by atoms with van der Waals surface area (Å²) < 4.78 is 5.08. The van der Waals surface area contributed by atoms with Crippen LogP contribution in [-0.4, -0.2) is 13.0 Å². The van der Waals surface area contributed by atoms with Crippen molar-refractivity contribution >= 4 is 23.3 Å². The van der Waals surface area contributed by atoms with Crippen LogP contribution in [0, 0.1) is 18.3 Å². The lowest BCUT2D eigenvalue weighted by molar-refractivity contribution is -0.117. The standard InChI is InChI=1S/C17H16N2O2S/c1-12-7-8-22-16(12)9-14(10-18)17(20)19-11-13-3-5-15(21-2)6-4-13/h3-9H,11H2,1-2H3,(H,19,20)/b14-9-. The Morgan fingerprint density at radius 2 is 2.09 bits per heavy atom. The number of hydrogen-bond donors (Lipinski definition) is 1. The van der Waals surface area contributed by atoms with Crippen LogP contribution < -0.4 is 10.1 Å². The van der Waals surface area contributed by atoms with Crippen molar-refractivity contribution in [2.75, 3.05) is 7.11 Å². The smallest absolute Gasteiger partial charge is 0.262 e. The molecule has 1 aromatic heterocycles. The average Bonchev–Trinajstić information content (AvgIpc) is 2.95. The number of aryl methyl sites for hydroxylation is 1. The van der Waals surface area contributed by atoms with Gasteiger partial charge in [0, 0.05) is 11.4 Å². The quantitative estimate of drug-likeness (QED) is 0.680. The molecule has 1 heterocycles. The normalized spacial score (nSPS) is 10.9. The fraction of sp³-hybridized carbons (Fsp3) is 0.176. The van der Waals surface area contributed by atoms with Gasteiger partial charge in [0.2, 0.25) is 0 Å². The van der Waals surface area contributed by atoms with E-state index in [2.05, 4.69) is 5.32 Å². The van der Waals surface area contributed by atoms with E-state index in [1.54, 1.807) is 13.2 Å². The van der Waals surface area contributed by atoms with Gasteiger partial charge in [0.05, 0.1) is 7.11 Å². The molecule has 0 saturated heterocycles. The largest absolute Gasteiger partial charge is 0.497 e. The zero-order valence-corrected chi connectivity index (χ0v) is 13.2. The molecule has 5 heteroatoms. The van der Waals surface area contributed by atoms with Crippen LogP contribution in [0.15, 0.2) is 41.3 Å². The van der Waals surface area contributed by atoms with E-state index >= 15 is 0 Å². The molecule has 0 atom stereocenters. The maximum Gasteiger partial charge on any atom is 0.262 e. The molecular formula is C17H16N2O2S. The summed E-state index contributed by atoms with van der Waals surface area (Å²) in [6, 6.07) is 11.3. The van der Waals surface area contributed by atoms with Crippen LogP contribution in [0.2, 0.25) is 0 Å². The Morgan fingerprint density at radius 3 is 2.64 bits per heavy atom. The van der Waals surface area contributed by atoms with Crippen molar-refractivity contribution in [3.05, 3.63) is 57.3 Å². The Bertz CT molecular complexity index is 724. The molecule has 0 spiro atoms. The number of methoxy groups -OCH3 is 1. The minimum absolute atomic E-state index is 0.110. The van der Waals surface area contributed by atoms with E-state index in [4.69, 9.17) is 10.00 Å². The fourth-order valence-corrected chi connectivity index (χ4v) is 2.69. The molecule has 0 fully saturated rings. The van der Waals surface area contributed by atoms with E-state index in [9.17, 15) is 4.79 Å². The van der Waals surface area contributed by atoms with Crippen LogP contribution in [-0.2, 0) is 11.3 Å². The van der Waals surface area contributed by atoms with E-state index in [0.717, 1.165) is 21.8 Å². The first-order valence-corrected chi connectivity index (χ1v) is 7.59. The van der Waals surface area contributed by atoms with E-state index in [0.29, 0.717) is 6.54 Å². The highest BCUT2D eigenvalue weighted by atomic mass is 32.1. The third-order valence-corrected chi connectivity index (χ3v) is 4.12. The molecule has 2 rings (SSSR count). The molecule has 1 amide bonds. The predicted octanol–water partition coefficient (Wildman–Crippen LogP) is 3.29. The second kappa shape index (κ2) is 7.43. The second-order valence-electron chi connectivity index (χ2n) is 4.67. The average molecular weight is 312 g/mol. The van der Waals surface area contributed by atoms with Gasteiger partial charge in [-0.05, 0) is 47.7 Å². The first-order valence-electron chi connectivity index (χ1n) is 6.71. The Morgan fingerprint density at radius 1 is 1.36 bits per heavy atom. The van der Waals surface area contributed by atoms with E-state index in [1.165, 1.54) is 11.3 Å². The maximum absolute atomic E-state index is 12.1. The summed E-state index contributed by atoms with van der Waals surface area (Å²) in [5.41, 5.74) is 2.11. The highest BCUT2D eigenvalue weighted by Gasteiger charge is 2.10. The summed E-state index contributed by atoms with van der Waals surface area (Å²) in [6.07, 6.45) is 1.63. The van der Waals surface area contributed by atoms with Gasteiger partial charge in [-0.2, -0.15) is 5.26 Å². The number of rotatable bonds is 5.